The van der Waals surface area contributed by atoms with Crippen LogP contribution in [-0.2, 0) is 9.59 Å². The first-order chi connectivity index (χ1) is 9.69. The summed E-state index contributed by atoms with van der Waals surface area (Å²) in [5.41, 5.74) is 2.01. The minimum Gasteiger partial charge on any atom is -0.301 e. The summed E-state index contributed by atoms with van der Waals surface area (Å²) in [6.45, 7) is 1.47. The van der Waals surface area contributed by atoms with Crippen LogP contribution in [0.25, 0.3) is 0 Å². The number of aldehydes is 1. The molecule has 2 aliphatic heterocycles. The molecule has 0 aliphatic carbocycles. The van der Waals surface area contributed by atoms with E-state index >= 15 is 0 Å². The Hall–Kier alpha value is -1.10. The normalized spacial score (nSPS) is 20.9. The monoisotopic (exact) mass is 307 g/mol. The first-order valence-electron chi connectivity index (χ1n) is 6.54. The summed E-state index contributed by atoms with van der Waals surface area (Å²) in [6, 6.07) is 7.10. The standard InChI is InChI=1S/C15H14ClNO2S/c16-12-4-2-1-3-11(12)13(9-18)17-6-5-14-10(8-17)7-15(19)20-14/h1-4,9,13H,5-8H2/t13-/m1/s1. The van der Waals surface area contributed by atoms with Crippen molar-refractivity contribution in [2.24, 2.45) is 0 Å². The van der Waals surface area contributed by atoms with Gasteiger partial charge < -0.3 is 4.79 Å². The molecule has 2 heterocycles. The Labute approximate surface area is 127 Å². The summed E-state index contributed by atoms with van der Waals surface area (Å²) < 4.78 is 0. The fraction of sp³-hybridized carbons (Fsp3) is 0.333. The zero-order chi connectivity index (χ0) is 14.1. The van der Waals surface area contributed by atoms with Gasteiger partial charge in [0.05, 0.1) is 6.04 Å². The molecule has 0 unspecified atom stereocenters. The number of hydrogen-bond acceptors (Lipinski definition) is 4. The lowest BCUT2D eigenvalue weighted by molar-refractivity contribution is -0.112. The van der Waals surface area contributed by atoms with Gasteiger partial charge in [0.25, 0.3) is 0 Å². The lowest BCUT2D eigenvalue weighted by atomic mass is 10.0. The van der Waals surface area contributed by atoms with Crippen molar-refractivity contribution < 1.29 is 9.59 Å². The van der Waals surface area contributed by atoms with E-state index in [1.807, 2.05) is 18.2 Å². The number of rotatable bonds is 3. The molecule has 0 amide bonds. The van der Waals surface area contributed by atoms with E-state index in [-0.39, 0.29) is 11.2 Å². The van der Waals surface area contributed by atoms with Crippen molar-refractivity contribution in [3.05, 3.63) is 45.3 Å². The summed E-state index contributed by atoms with van der Waals surface area (Å²) in [4.78, 5) is 26.3. The van der Waals surface area contributed by atoms with Crippen molar-refractivity contribution in [3.63, 3.8) is 0 Å². The largest absolute Gasteiger partial charge is 0.301 e. The summed E-state index contributed by atoms with van der Waals surface area (Å²) >= 11 is 7.57. The summed E-state index contributed by atoms with van der Waals surface area (Å²) in [7, 11) is 0. The highest BCUT2D eigenvalue weighted by atomic mass is 35.5. The molecule has 3 rings (SSSR count). The second kappa shape index (κ2) is 5.72. The van der Waals surface area contributed by atoms with E-state index in [0.29, 0.717) is 18.0 Å². The van der Waals surface area contributed by atoms with E-state index < -0.39 is 0 Å². The molecule has 0 spiro atoms. The van der Waals surface area contributed by atoms with Crippen LogP contribution in [-0.4, -0.2) is 29.4 Å². The van der Waals surface area contributed by atoms with Crippen molar-refractivity contribution in [1.29, 1.82) is 0 Å². The molecule has 20 heavy (non-hydrogen) atoms. The van der Waals surface area contributed by atoms with Gasteiger partial charge >= 0.3 is 0 Å². The fourth-order valence-electron chi connectivity index (χ4n) is 2.77. The predicted octanol–water partition coefficient (Wildman–Crippen LogP) is 3.20. The number of carbonyl (C=O) groups excluding carboxylic acids is 2. The molecule has 0 N–H and O–H groups in total. The topological polar surface area (TPSA) is 37.4 Å². The van der Waals surface area contributed by atoms with Gasteiger partial charge in [-0.2, -0.15) is 0 Å². The van der Waals surface area contributed by atoms with Gasteiger partial charge in [-0.15, -0.1) is 0 Å². The molecule has 104 valence electrons. The van der Waals surface area contributed by atoms with Crippen LogP contribution < -0.4 is 0 Å². The lowest BCUT2D eigenvalue weighted by Crippen LogP contribution is -2.35. The molecular weight excluding hydrogens is 294 g/mol. The third-order valence-electron chi connectivity index (χ3n) is 3.76. The molecule has 0 radical (unpaired) electrons. The zero-order valence-electron chi connectivity index (χ0n) is 10.8. The molecule has 1 atom stereocenters. The van der Waals surface area contributed by atoms with Crippen molar-refractivity contribution in [3.8, 4) is 0 Å². The highest BCUT2D eigenvalue weighted by Gasteiger charge is 2.32. The van der Waals surface area contributed by atoms with E-state index in [2.05, 4.69) is 4.90 Å². The van der Waals surface area contributed by atoms with Crippen LogP contribution in [0.1, 0.15) is 24.4 Å². The Kier molecular flexibility index (Phi) is 3.96. The van der Waals surface area contributed by atoms with Gasteiger partial charge in [0.15, 0.2) is 5.12 Å². The second-order valence-electron chi connectivity index (χ2n) is 5.00. The molecule has 0 saturated carbocycles. The van der Waals surface area contributed by atoms with E-state index in [1.165, 1.54) is 22.2 Å². The van der Waals surface area contributed by atoms with Crippen LogP contribution in [0.2, 0.25) is 5.02 Å². The van der Waals surface area contributed by atoms with Crippen LogP contribution in [0.3, 0.4) is 0 Å². The summed E-state index contributed by atoms with van der Waals surface area (Å²) in [5.74, 6) is 0. The van der Waals surface area contributed by atoms with Gasteiger partial charge in [-0.05, 0) is 28.5 Å². The number of benzene rings is 1. The maximum Gasteiger partial charge on any atom is 0.197 e. The SMILES string of the molecule is O=C[C@H](c1ccccc1Cl)N1CCC2=C(CC(=O)S2)C1. The lowest BCUT2D eigenvalue weighted by Gasteiger charge is -2.32. The number of carbonyl (C=O) groups is 2. The summed E-state index contributed by atoms with van der Waals surface area (Å²) in [6.07, 6.45) is 2.31. The van der Waals surface area contributed by atoms with Gasteiger partial charge in [0.2, 0.25) is 0 Å². The fourth-order valence-corrected chi connectivity index (χ4v) is 4.01. The third kappa shape index (κ3) is 2.55. The molecule has 0 fully saturated rings. The van der Waals surface area contributed by atoms with Crippen LogP contribution >= 0.6 is 23.4 Å². The molecule has 1 aromatic rings. The molecule has 0 bridgehead atoms. The Morgan fingerprint density at radius 2 is 2.15 bits per heavy atom. The minimum absolute atomic E-state index is 0.220. The Bertz CT molecular complexity index is 599. The number of nitrogens with zero attached hydrogens (tertiary/aromatic N) is 1. The quantitative estimate of drug-likeness (QED) is 0.804. The van der Waals surface area contributed by atoms with Gasteiger partial charge in [0, 0.05) is 24.5 Å². The maximum absolute atomic E-state index is 11.5. The van der Waals surface area contributed by atoms with Crippen LogP contribution in [0.15, 0.2) is 34.7 Å². The molecule has 2 aliphatic rings. The van der Waals surface area contributed by atoms with Crippen molar-refractivity contribution >= 4 is 34.8 Å². The number of hydrogen-bond donors (Lipinski definition) is 0. The Balaban J connectivity index is 1.84. The van der Waals surface area contributed by atoms with Crippen molar-refractivity contribution in [1.82, 2.24) is 4.90 Å². The predicted molar refractivity (Wildman–Crippen MR) is 80.7 cm³/mol. The molecule has 5 heteroatoms. The summed E-state index contributed by atoms with van der Waals surface area (Å²) in [5, 5.41) is 0.832. The van der Waals surface area contributed by atoms with Crippen LogP contribution in [0.4, 0.5) is 0 Å². The molecule has 0 aromatic heterocycles. The first-order valence-corrected chi connectivity index (χ1v) is 7.74. The molecule has 0 saturated heterocycles. The van der Waals surface area contributed by atoms with Gasteiger partial charge in [0.1, 0.15) is 6.29 Å². The third-order valence-corrected chi connectivity index (χ3v) is 5.21. The highest BCUT2D eigenvalue weighted by molar-refractivity contribution is 8.17. The first kappa shape index (κ1) is 13.9. The molecule has 1 aromatic carbocycles. The van der Waals surface area contributed by atoms with Crippen LogP contribution in [0.5, 0.6) is 0 Å². The van der Waals surface area contributed by atoms with Gasteiger partial charge in [-0.25, -0.2) is 0 Å². The zero-order valence-corrected chi connectivity index (χ0v) is 12.4. The van der Waals surface area contributed by atoms with Gasteiger partial charge in [-0.3, -0.25) is 9.69 Å². The Morgan fingerprint density at radius 3 is 2.90 bits per heavy atom. The van der Waals surface area contributed by atoms with Crippen LogP contribution in [0, 0.1) is 0 Å². The molecular formula is C15H14ClNO2S. The highest BCUT2D eigenvalue weighted by Crippen LogP contribution is 2.40. The second-order valence-corrected chi connectivity index (χ2v) is 6.56. The number of halogens is 1. The smallest absolute Gasteiger partial charge is 0.197 e. The van der Waals surface area contributed by atoms with E-state index in [9.17, 15) is 9.59 Å². The maximum atomic E-state index is 11.5. The van der Waals surface area contributed by atoms with E-state index in [1.54, 1.807) is 6.07 Å². The average molecular weight is 308 g/mol. The minimum atomic E-state index is -0.335. The van der Waals surface area contributed by atoms with Crippen molar-refractivity contribution in [2.45, 2.75) is 18.9 Å². The van der Waals surface area contributed by atoms with Gasteiger partial charge in [-0.1, -0.05) is 41.6 Å². The number of thioether (sulfide) groups is 1. The Morgan fingerprint density at radius 1 is 1.35 bits per heavy atom. The van der Waals surface area contributed by atoms with Crippen molar-refractivity contribution in [2.75, 3.05) is 13.1 Å². The van der Waals surface area contributed by atoms with E-state index in [0.717, 1.165) is 24.8 Å². The van der Waals surface area contributed by atoms with E-state index in [4.69, 9.17) is 11.6 Å². The molecule has 3 nitrogen and oxygen atoms in total. The average Bonchev–Trinajstić information content (AvgIpc) is 2.81.